The van der Waals surface area contributed by atoms with Crippen LogP contribution < -0.4 is 10.2 Å². The normalized spacial score (nSPS) is 14.5. The summed E-state index contributed by atoms with van der Waals surface area (Å²) in [6.45, 7) is 4.62. The van der Waals surface area contributed by atoms with Gasteiger partial charge in [-0.25, -0.2) is 0 Å². The molecule has 342 valence electrons. The van der Waals surface area contributed by atoms with Crippen LogP contribution in [-0.4, -0.2) is 68.5 Å². The van der Waals surface area contributed by atoms with Crippen LogP contribution in [0.15, 0.2) is 36.5 Å². The standard InChI is InChI=1S/C49H95N2O6P/c1-6-8-10-12-14-16-18-20-21-22-23-24-25-26-27-28-29-31-32-34-36-38-40-42-48(52)47(46-57-58(54,55)56-45-44-51(3,4)5)50-49(53)43-41-39-37-35-33-30-19-17-15-13-11-9-7-2/h27-28,32,34,40,42,47-48,52H,6-26,29-31,33,35-39,41,43-46H2,1-5H3,(H-,50,53,54,55)/b28-27+,34-32+,42-40+. The van der Waals surface area contributed by atoms with E-state index in [1.807, 2.05) is 27.2 Å². The average molecular weight is 839 g/mol. The van der Waals surface area contributed by atoms with E-state index < -0.39 is 26.6 Å². The van der Waals surface area contributed by atoms with E-state index in [9.17, 15) is 19.4 Å². The molecule has 0 saturated heterocycles. The number of phosphoric ester groups is 1. The number of nitrogens with zero attached hydrogens (tertiary/aromatic N) is 1. The van der Waals surface area contributed by atoms with Crippen molar-refractivity contribution in [3.8, 4) is 0 Å². The predicted molar refractivity (Wildman–Crippen MR) is 247 cm³/mol. The van der Waals surface area contributed by atoms with Crippen molar-refractivity contribution in [3.63, 3.8) is 0 Å². The van der Waals surface area contributed by atoms with E-state index in [2.05, 4.69) is 43.5 Å². The molecule has 3 unspecified atom stereocenters. The Kier molecular flexibility index (Phi) is 40.2. The molecule has 2 N–H and O–H groups in total. The van der Waals surface area contributed by atoms with Crippen molar-refractivity contribution in [2.24, 2.45) is 0 Å². The molecule has 0 aromatic carbocycles. The Balaban J connectivity index is 4.39. The lowest BCUT2D eigenvalue weighted by Gasteiger charge is -2.29. The van der Waals surface area contributed by atoms with E-state index in [1.54, 1.807) is 6.08 Å². The average Bonchev–Trinajstić information content (AvgIpc) is 3.17. The van der Waals surface area contributed by atoms with Crippen LogP contribution in [0.25, 0.3) is 0 Å². The summed E-state index contributed by atoms with van der Waals surface area (Å²) in [6, 6.07) is -0.906. The van der Waals surface area contributed by atoms with Gasteiger partial charge in [0.2, 0.25) is 5.91 Å². The zero-order valence-corrected chi connectivity index (χ0v) is 39.6. The highest BCUT2D eigenvalue weighted by Crippen LogP contribution is 2.38. The van der Waals surface area contributed by atoms with Crippen LogP contribution in [-0.2, 0) is 18.4 Å². The molecule has 0 spiro atoms. The minimum absolute atomic E-state index is 0.00782. The van der Waals surface area contributed by atoms with Crippen molar-refractivity contribution in [1.82, 2.24) is 5.32 Å². The molecule has 0 aromatic heterocycles. The Labute approximate surface area is 359 Å². The van der Waals surface area contributed by atoms with E-state index in [4.69, 9.17) is 9.05 Å². The third kappa shape index (κ3) is 42.8. The maximum Gasteiger partial charge on any atom is 0.268 e. The van der Waals surface area contributed by atoms with Gasteiger partial charge in [0.1, 0.15) is 13.2 Å². The minimum atomic E-state index is -4.60. The number of nitrogens with one attached hydrogen (secondary N) is 1. The second kappa shape index (κ2) is 41.1. The molecule has 0 rings (SSSR count). The minimum Gasteiger partial charge on any atom is -0.756 e. The monoisotopic (exact) mass is 839 g/mol. The largest absolute Gasteiger partial charge is 0.756 e. The van der Waals surface area contributed by atoms with Crippen molar-refractivity contribution < 1.29 is 32.9 Å². The Morgan fingerprint density at radius 3 is 1.40 bits per heavy atom. The van der Waals surface area contributed by atoms with E-state index in [0.29, 0.717) is 17.4 Å². The van der Waals surface area contributed by atoms with Gasteiger partial charge >= 0.3 is 0 Å². The van der Waals surface area contributed by atoms with Gasteiger partial charge in [-0.2, -0.15) is 0 Å². The molecule has 8 nitrogen and oxygen atoms in total. The Bertz CT molecular complexity index is 1040. The van der Waals surface area contributed by atoms with Crippen molar-refractivity contribution >= 4 is 13.7 Å². The molecule has 0 radical (unpaired) electrons. The molecule has 58 heavy (non-hydrogen) atoms. The van der Waals surface area contributed by atoms with Crippen LogP contribution in [0, 0.1) is 0 Å². The topological polar surface area (TPSA) is 108 Å². The van der Waals surface area contributed by atoms with Gasteiger partial charge in [0.25, 0.3) is 7.82 Å². The Morgan fingerprint density at radius 2 is 0.966 bits per heavy atom. The molecule has 1 amide bonds. The highest BCUT2D eigenvalue weighted by Gasteiger charge is 2.23. The summed E-state index contributed by atoms with van der Waals surface area (Å²) in [7, 11) is 1.24. The van der Waals surface area contributed by atoms with Gasteiger partial charge in [-0.1, -0.05) is 204 Å². The van der Waals surface area contributed by atoms with E-state index in [-0.39, 0.29) is 12.5 Å². The number of hydrogen-bond donors (Lipinski definition) is 2. The Morgan fingerprint density at radius 1 is 0.586 bits per heavy atom. The molecular weight excluding hydrogens is 744 g/mol. The second-order valence-corrected chi connectivity index (χ2v) is 19.2. The smallest absolute Gasteiger partial charge is 0.268 e. The van der Waals surface area contributed by atoms with Gasteiger partial charge in [0, 0.05) is 6.42 Å². The summed E-state index contributed by atoms with van der Waals surface area (Å²) in [5.41, 5.74) is 0. The predicted octanol–water partition coefficient (Wildman–Crippen LogP) is 13.2. The third-order valence-corrected chi connectivity index (χ3v) is 11.8. The first-order valence-corrected chi connectivity index (χ1v) is 25.8. The number of rotatable bonds is 44. The number of likely N-dealkylation sites (N-methyl/N-ethyl adjacent to an activating group) is 1. The molecule has 0 fully saturated rings. The lowest BCUT2D eigenvalue weighted by Crippen LogP contribution is -2.45. The van der Waals surface area contributed by atoms with Gasteiger partial charge in [-0.3, -0.25) is 9.36 Å². The summed E-state index contributed by atoms with van der Waals surface area (Å²) in [5, 5.41) is 13.8. The van der Waals surface area contributed by atoms with Crippen LogP contribution in [0.5, 0.6) is 0 Å². The molecular formula is C49H95N2O6P. The van der Waals surface area contributed by atoms with Crippen LogP contribution in [0.2, 0.25) is 0 Å². The molecule has 0 saturated carbocycles. The maximum absolute atomic E-state index is 12.8. The summed E-state index contributed by atoms with van der Waals surface area (Å²) < 4.78 is 23.2. The number of aliphatic hydroxyl groups excluding tert-OH is 1. The molecule has 9 heteroatoms. The molecule has 0 aliphatic rings. The molecule has 0 aromatic rings. The summed E-state index contributed by atoms with van der Waals surface area (Å²) in [4.78, 5) is 25.3. The number of quaternary nitrogens is 1. The second-order valence-electron chi connectivity index (χ2n) is 17.8. The van der Waals surface area contributed by atoms with Crippen molar-refractivity contribution in [2.75, 3.05) is 40.9 Å². The van der Waals surface area contributed by atoms with Crippen LogP contribution in [0.1, 0.15) is 219 Å². The summed E-state index contributed by atoms with van der Waals surface area (Å²) in [5.74, 6) is -0.211. The van der Waals surface area contributed by atoms with Gasteiger partial charge in [-0.15, -0.1) is 0 Å². The highest BCUT2D eigenvalue weighted by molar-refractivity contribution is 7.45. The zero-order chi connectivity index (χ0) is 42.8. The van der Waals surface area contributed by atoms with Gasteiger partial charge < -0.3 is 28.8 Å². The van der Waals surface area contributed by atoms with Crippen LogP contribution >= 0.6 is 7.82 Å². The number of carbonyl (C=O) groups excluding carboxylic acids is 1. The fourth-order valence-corrected chi connectivity index (χ4v) is 7.67. The van der Waals surface area contributed by atoms with E-state index in [0.717, 1.165) is 44.9 Å². The quantitative estimate of drug-likeness (QED) is 0.0274. The highest BCUT2D eigenvalue weighted by atomic mass is 31.2. The first-order valence-electron chi connectivity index (χ1n) is 24.4. The molecule has 0 aliphatic heterocycles. The molecule has 0 aliphatic carbocycles. The number of carbonyl (C=O) groups is 1. The summed E-state index contributed by atoms with van der Waals surface area (Å²) >= 11 is 0. The van der Waals surface area contributed by atoms with E-state index >= 15 is 0 Å². The van der Waals surface area contributed by atoms with Crippen molar-refractivity contribution in [2.45, 2.75) is 231 Å². The number of amides is 1. The lowest BCUT2D eigenvalue weighted by molar-refractivity contribution is -0.870. The van der Waals surface area contributed by atoms with Gasteiger partial charge in [0.05, 0.1) is 39.9 Å². The third-order valence-electron chi connectivity index (χ3n) is 10.8. The summed E-state index contributed by atoms with van der Waals surface area (Å²) in [6.07, 6.45) is 50.6. The Hall–Kier alpha value is -1.28. The van der Waals surface area contributed by atoms with Crippen molar-refractivity contribution in [1.29, 1.82) is 0 Å². The van der Waals surface area contributed by atoms with Crippen molar-refractivity contribution in [3.05, 3.63) is 36.5 Å². The van der Waals surface area contributed by atoms with Crippen LogP contribution in [0.4, 0.5) is 0 Å². The fourth-order valence-electron chi connectivity index (χ4n) is 6.95. The zero-order valence-electron chi connectivity index (χ0n) is 38.8. The SMILES string of the molecule is CCCCCCCCCCCCCCC/C=C/CC/C=C/CC/C=C/C(O)C(COP(=O)([O-])OCC[N+](C)(C)C)NC(=O)CCCCCCCCCCCCCCC. The number of phosphoric acid groups is 1. The first kappa shape index (κ1) is 56.7. The van der Waals surface area contributed by atoms with E-state index in [1.165, 1.54) is 154 Å². The fraction of sp³-hybridized carbons (Fsp3) is 0.857. The van der Waals surface area contributed by atoms with Crippen LogP contribution in [0.3, 0.4) is 0 Å². The maximum atomic E-state index is 12.8. The number of aliphatic hydroxyl groups is 1. The van der Waals surface area contributed by atoms with Gasteiger partial charge in [-0.05, 0) is 44.9 Å². The molecule has 0 bridgehead atoms. The molecule has 0 heterocycles. The first-order chi connectivity index (χ1) is 28.0. The lowest BCUT2D eigenvalue weighted by atomic mass is 10.0. The number of allylic oxidation sites excluding steroid dienone is 5. The molecule has 3 atom stereocenters. The van der Waals surface area contributed by atoms with Gasteiger partial charge in [0.15, 0.2) is 0 Å². The number of unbranched alkanes of at least 4 members (excludes halogenated alkanes) is 27. The number of hydrogen-bond acceptors (Lipinski definition) is 6.